The number of amides is 1. The van der Waals surface area contributed by atoms with E-state index in [-0.39, 0.29) is 12.5 Å². The molecule has 0 saturated carbocycles. The van der Waals surface area contributed by atoms with Crippen LogP contribution in [0.4, 0.5) is 0 Å². The molecule has 0 aliphatic heterocycles. The van der Waals surface area contributed by atoms with Crippen LogP contribution in [0.3, 0.4) is 0 Å². The third-order valence-corrected chi connectivity index (χ3v) is 6.03. The van der Waals surface area contributed by atoms with Gasteiger partial charge in [0.25, 0.3) is 11.5 Å². The van der Waals surface area contributed by atoms with Gasteiger partial charge in [-0.25, -0.2) is 4.79 Å². The molecule has 0 fully saturated rings. The minimum Gasteiger partial charge on any atom is -0.347 e. The molecule has 0 atom stereocenters. The molecule has 3 aromatic heterocycles. The lowest BCUT2D eigenvalue weighted by Gasteiger charge is -2.07. The zero-order chi connectivity index (χ0) is 22.0. The zero-order valence-corrected chi connectivity index (χ0v) is 17.3. The van der Waals surface area contributed by atoms with Gasteiger partial charge in [0.2, 0.25) is 0 Å². The van der Waals surface area contributed by atoms with E-state index in [0.717, 1.165) is 21.5 Å². The van der Waals surface area contributed by atoms with Gasteiger partial charge >= 0.3 is 5.69 Å². The largest absolute Gasteiger partial charge is 0.347 e. The van der Waals surface area contributed by atoms with Crippen molar-refractivity contribution in [3.63, 3.8) is 0 Å². The number of nitrogens with one attached hydrogen (secondary N) is 1. The maximum Gasteiger partial charge on any atom is 0.336 e. The van der Waals surface area contributed by atoms with Crippen molar-refractivity contribution in [1.82, 2.24) is 19.3 Å². The summed E-state index contributed by atoms with van der Waals surface area (Å²) >= 11 is 1.10. The van der Waals surface area contributed by atoms with Crippen molar-refractivity contribution in [3.8, 4) is 6.07 Å². The molecule has 1 aromatic carbocycles. The Labute approximate surface area is 180 Å². The lowest BCUT2D eigenvalue weighted by molar-refractivity contribution is 0.0954. The Morgan fingerprint density at radius 3 is 2.71 bits per heavy atom. The number of aromatic nitrogens is 3. The highest BCUT2D eigenvalue weighted by Gasteiger charge is 2.17. The number of carbonyl (C=O) groups is 1. The van der Waals surface area contributed by atoms with Crippen molar-refractivity contribution in [2.24, 2.45) is 0 Å². The Bertz CT molecular complexity index is 1440. The van der Waals surface area contributed by atoms with E-state index in [2.05, 4.69) is 10.3 Å². The van der Waals surface area contributed by atoms with E-state index in [4.69, 9.17) is 5.26 Å². The molecule has 0 unspecified atom stereocenters. The van der Waals surface area contributed by atoms with Gasteiger partial charge in [0.1, 0.15) is 9.71 Å². The molecule has 9 heteroatoms. The Kier molecular flexibility index (Phi) is 5.47. The molecule has 8 nitrogen and oxygen atoms in total. The molecule has 0 spiro atoms. The highest BCUT2D eigenvalue weighted by molar-refractivity contribution is 7.19. The summed E-state index contributed by atoms with van der Waals surface area (Å²) in [4.78, 5) is 43.1. The maximum absolute atomic E-state index is 13.0. The molecule has 0 aliphatic carbocycles. The molecular weight excluding hydrogens is 414 g/mol. The lowest BCUT2D eigenvalue weighted by Crippen LogP contribution is -2.38. The van der Waals surface area contributed by atoms with Crippen LogP contribution in [0.1, 0.15) is 31.9 Å². The molecule has 1 N–H and O–H groups in total. The van der Waals surface area contributed by atoms with Crippen LogP contribution in [-0.2, 0) is 13.1 Å². The number of hydrogen-bond donors (Lipinski definition) is 1. The number of benzene rings is 1. The Hall–Kier alpha value is -4.03. The third kappa shape index (κ3) is 4.01. The normalized spacial score (nSPS) is 10.7. The molecule has 154 valence electrons. The number of thiazole rings is 1. The van der Waals surface area contributed by atoms with Gasteiger partial charge in [-0.3, -0.25) is 23.5 Å². The summed E-state index contributed by atoms with van der Waals surface area (Å²) < 4.78 is 2.45. The molecule has 0 radical (unpaired) electrons. The van der Waals surface area contributed by atoms with Crippen LogP contribution >= 0.6 is 11.3 Å². The zero-order valence-electron chi connectivity index (χ0n) is 16.5. The maximum atomic E-state index is 13.0. The number of nitrogens with zero attached hydrogens (tertiary/aromatic N) is 4. The van der Waals surface area contributed by atoms with Crippen LogP contribution in [-0.4, -0.2) is 19.9 Å². The quantitative estimate of drug-likeness (QED) is 0.520. The number of pyridine rings is 1. The summed E-state index contributed by atoms with van der Waals surface area (Å²) in [5.74, 6) is -0.329. The SMILES string of the molecule is Cc1c(=O)n(Cc2cccc(C#N)c2)c(=O)n2cc(C(=O)NCc3ccncc3)sc12. The Balaban J connectivity index is 1.68. The molecule has 0 aliphatic rings. The fraction of sp³-hybridized carbons (Fsp3) is 0.136. The molecule has 0 saturated heterocycles. The van der Waals surface area contributed by atoms with Gasteiger partial charge < -0.3 is 5.32 Å². The molecule has 3 heterocycles. The van der Waals surface area contributed by atoms with E-state index in [0.29, 0.717) is 32.9 Å². The molecular formula is C22H17N5O3S. The fourth-order valence-corrected chi connectivity index (χ4v) is 4.20. The minimum atomic E-state index is -0.530. The average molecular weight is 431 g/mol. The summed E-state index contributed by atoms with van der Waals surface area (Å²) in [6, 6.07) is 12.4. The van der Waals surface area contributed by atoms with Crippen LogP contribution < -0.4 is 16.6 Å². The summed E-state index contributed by atoms with van der Waals surface area (Å²) in [6.45, 7) is 2.00. The average Bonchev–Trinajstić information content (AvgIpc) is 3.26. The highest BCUT2D eigenvalue weighted by atomic mass is 32.1. The second-order valence-electron chi connectivity index (χ2n) is 6.92. The second kappa shape index (κ2) is 8.38. The summed E-state index contributed by atoms with van der Waals surface area (Å²) in [5.41, 5.74) is 1.46. The number of nitriles is 1. The van der Waals surface area contributed by atoms with Gasteiger partial charge in [0.15, 0.2) is 0 Å². The highest BCUT2D eigenvalue weighted by Crippen LogP contribution is 2.18. The Morgan fingerprint density at radius 2 is 1.97 bits per heavy atom. The van der Waals surface area contributed by atoms with Gasteiger partial charge in [0.05, 0.1) is 18.2 Å². The minimum absolute atomic E-state index is 0.0381. The summed E-state index contributed by atoms with van der Waals surface area (Å²) in [7, 11) is 0. The second-order valence-corrected chi connectivity index (χ2v) is 7.95. The summed E-state index contributed by atoms with van der Waals surface area (Å²) in [6.07, 6.45) is 4.74. The third-order valence-electron chi connectivity index (χ3n) is 4.82. The van der Waals surface area contributed by atoms with Crippen LogP contribution in [0, 0.1) is 18.3 Å². The van der Waals surface area contributed by atoms with Crippen molar-refractivity contribution >= 4 is 22.1 Å². The van der Waals surface area contributed by atoms with E-state index >= 15 is 0 Å². The number of carbonyl (C=O) groups excluding carboxylic acids is 1. The topological polar surface area (TPSA) is 109 Å². The van der Waals surface area contributed by atoms with Crippen molar-refractivity contribution in [3.05, 3.63) is 103 Å². The number of hydrogen-bond acceptors (Lipinski definition) is 6. The molecule has 4 aromatic rings. The lowest BCUT2D eigenvalue weighted by atomic mass is 10.1. The van der Waals surface area contributed by atoms with Gasteiger partial charge in [-0.05, 0) is 42.3 Å². The molecule has 0 bridgehead atoms. The molecule has 31 heavy (non-hydrogen) atoms. The van der Waals surface area contributed by atoms with E-state index < -0.39 is 11.2 Å². The van der Waals surface area contributed by atoms with Crippen molar-refractivity contribution < 1.29 is 4.79 Å². The standard InChI is InChI=1S/C22H17N5O3S/c1-14-20(29)26(12-17-4-2-3-16(9-17)10-23)22(30)27-13-18(31-21(14)27)19(28)25-11-15-5-7-24-8-6-15/h2-9,13H,11-12H2,1H3,(H,25,28). The fourth-order valence-electron chi connectivity index (χ4n) is 3.20. The van der Waals surface area contributed by atoms with Crippen molar-refractivity contribution in [2.45, 2.75) is 20.0 Å². The molecule has 1 amide bonds. The van der Waals surface area contributed by atoms with Crippen molar-refractivity contribution in [2.75, 3.05) is 0 Å². The smallest absolute Gasteiger partial charge is 0.336 e. The number of rotatable bonds is 5. The van der Waals surface area contributed by atoms with E-state index in [1.165, 1.54) is 10.6 Å². The van der Waals surface area contributed by atoms with Crippen LogP contribution in [0.15, 0.2) is 64.6 Å². The predicted octanol–water partition coefficient (Wildman–Crippen LogP) is 2.08. The van der Waals surface area contributed by atoms with Crippen molar-refractivity contribution in [1.29, 1.82) is 5.26 Å². The first kappa shape index (κ1) is 20.3. The van der Waals surface area contributed by atoms with E-state index in [9.17, 15) is 14.4 Å². The molecule has 4 rings (SSSR count). The number of aryl methyl sites for hydroxylation is 1. The van der Waals surface area contributed by atoms with Gasteiger partial charge in [-0.2, -0.15) is 5.26 Å². The first-order chi connectivity index (χ1) is 15.0. The first-order valence-corrected chi connectivity index (χ1v) is 10.2. The Morgan fingerprint density at radius 1 is 1.19 bits per heavy atom. The van der Waals surface area contributed by atoms with E-state index in [1.807, 2.05) is 6.07 Å². The van der Waals surface area contributed by atoms with Gasteiger partial charge in [-0.15, -0.1) is 11.3 Å². The predicted molar refractivity (Wildman–Crippen MR) is 116 cm³/mol. The monoisotopic (exact) mass is 431 g/mol. The first-order valence-electron chi connectivity index (χ1n) is 9.39. The van der Waals surface area contributed by atoms with Crippen LogP contribution in [0.2, 0.25) is 0 Å². The van der Waals surface area contributed by atoms with Gasteiger partial charge in [-0.1, -0.05) is 12.1 Å². The van der Waals surface area contributed by atoms with E-state index in [1.54, 1.807) is 55.7 Å². The summed E-state index contributed by atoms with van der Waals surface area (Å²) in [5, 5.41) is 11.9. The van der Waals surface area contributed by atoms with Crippen LogP contribution in [0.5, 0.6) is 0 Å². The van der Waals surface area contributed by atoms with Gasteiger partial charge in [0, 0.05) is 30.7 Å². The number of fused-ring (bicyclic) bond motifs is 1. The van der Waals surface area contributed by atoms with Crippen LogP contribution in [0.25, 0.3) is 4.83 Å².